The summed E-state index contributed by atoms with van der Waals surface area (Å²) < 4.78 is 0. The molecule has 3 amide bonds. The molecule has 0 spiro atoms. The second kappa shape index (κ2) is 9.00. The molecule has 2 unspecified atom stereocenters. The predicted octanol–water partition coefficient (Wildman–Crippen LogP) is 3.11. The van der Waals surface area contributed by atoms with Gasteiger partial charge in [0.15, 0.2) is 0 Å². The largest absolute Gasteiger partial charge is 0.340 e. The van der Waals surface area contributed by atoms with Crippen LogP contribution in [0.4, 0.5) is 0 Å². The van der Waals surface area contributed by atoms with E-state index in [1.165, 1.54) is 5.56 Å². The average Bonchev–Trinajstić information content (AvgIpc) is 3.19. The maximum atomic E-state index is 13.5. The molecule has 3 heterocycles. The Labute approximate surface area is 195 Å². The first-order valence-corrected chi connectivity index (χ1v) is 12.0. The summed E-state index contributed by atoms with van der Waals surface area (Å²) in [5.41, 5.74) is 2.96. The first-order chi connectivity index (χ1) is 16.0. The van der Waals surface area contributed by atoms with Crippen LogP contribution in [0.5, 0.6) is 0 Å². The van der Waals surface area contributed by atoms with Crippen LogP contribution in [0.3, 0.4) is 0 Å². The Hall–Kier alpha value is -3.15. The molecular formula is C27H31N3O3. The molecule has 6 nitrogen and oxygen atoms in total. The second-order valence-corrected chi connectivity index (χ2v) is 9.85. The van der Waals surface area contributed by atoms with Gasteiger partial charge in [0.1, 0.15) is 6.04 Å². The fourth-order valence-electron chi connectivity index (χ4n) is 5.68. The van der Waals surface area contributed by atoms with Crippen molar-refractivity contribution in [3.8, 4) is 0 Å². The summed E-state index contributed by atoms with van der Waals surface area (Å²) in [6.45, 7) is 5.22. The van der Waals surface area contributed by atoms with Crippen molar-refractivity contribution in [2.45, 2.75) is 38.8 Å². The number of nitrogens with zero attached hydrogens (tertiary/aromatic N) is 3. The topological polar surface area (TPSA) is 60.9 Å². The first-order valence-electron chi connectivity index (χ1n) is 12.0. The minimum atomic E-state index is -0.375. The van der Waals surface area contributed by atoms with E-state index in [9.17, 15) is 14.4 Å². The van der Waals surface area contributed by atoms with Gasteiger partial charge in [-0.25, -0.2) is 0 Å². The van der Waals surface area contributed by atoms with Crippen LogP contribution in [-0.4, -0.2) is 64.6 Å². The van der Waals surface area contributed by atoms with Crippen LogP contribution >= 0.6 is 0 Å². The van der Waals surface area contributed by atoms with Gasteiger partial charge in [-0.3, -0.25) is 14.4 Å². The van der Waals surface area contributed by atoms with Crippen molar-refractivity contribution in [1.82, 2.24) is 14.7 Å². The number of carbonyl (C=O) groups is 3. The van der Waals surface area contributed by atoms with E-state index >= 15 is 0 Å². The fraction of sp³-hybridized carbons (Fsp3) is 0.444. The number of benzene rings is 2. The van der Waals surface area contributed by atoms with E-state index < -0.39 is 0 Å². The molecule has 2 aromatic carbocycles. The lowest BCUT2D eigenvalue weighted by Gasteiger charge is -2.46. The number of fused-ring (bicyclic) bond motifs is 2. The third-order valence-electron chi connectivity index (χ3n) is 7.29. The molecule has 0 saturated carbocycles. The van der Waals surface area contributed by atoms with Gasteiger partial charge in [0.2, 0.25) is 11.8 Å². The molecule has 172 valence electrons. The van der Waals surface area contributed by atoms with Crippen LogP contribution in [-0.2, 0) is 16.1 Å². The highest BCUT2D eigenvalue weighted by Gasteiger charge is 2.43. The zero-order valence-electron chi connectivity index (χ0n) is 19.2. The summed E-state index contributed by atoms with van der Waals surface area (Å²) >= 11 is 0. The second-order valence-electron chi connectivity index (χ2n) is 9.85. The third kappa shape index (κ3) is 4.52. The van der Waals surface area contributed by atoms with Crippen molar-refractivity contribution >= 4 is 17.7 Å². The van der Waals surface area contributed by atoms with Gasteiger partial charge < -0.3 is 14.7 Å². The van der Waals surface area contributed by atoms with Crippen LogP contribution in [0, 0.1) is 18.8 Å². The first kappa shape index (κ1) is 21.7. The standard InChI is InChI=1S/C27H31N3O3/c1-19-7-9-20(10-8-19)18-30-24(11-12-25(30)31)27(33)29-16-21-13-22(17-29)15-28(14-21)26(32)23-5-3-2-4-6-23/h2-10,21-22,24H,11-18H2,1H3/t21?,22?,24-/m0/s1. The van der Waals surface area contributed by atoms with Crippen molar-refractivity contribution in [2.24, 2.45) is 11.8 Å². The molecule has 5 rings (SSSR count). The number of piperidine rings is 2. The number of likely N-dealkylation sites (tertiary alicyclic amines) is 3. The smallest absolute Gasteiger partial charge is 0.253 e. The van der Waals surface area contributed by atoms with Gasteiger partial charge in [0.25, 0.3) is 5.91 Å². The number of aryl methyl sites for hydroxylation is 1. The Morgan fingerprint density at radius 1 is 0.879 bits per heavy atom. The van der Waals surface area contributed by atoms with Gasteiger partial charge in [-0.15, -0.1) is 0 Å². The highest BCUT2D eigenvalue weighted by atomic mass is 16.2. The lowest BCUT2D eigenvalue weighted by atomic mass is 9.84. The Kier molecular flexibility index (Phi) is 5.92. The van der Waals surface area contributed by atoms with E-state index in [-0.39, 0.29) is 35.6 Å². The molecule has 3 fully saturated rings. The van der Waals surface area contributed by atoms with Crippen LogP contribution in [0.2, 0.25) is 0 Å². The number of amides is 3. The van der Waals surface area contributed by atoms with Crippen molar-refractivity contribution < 1.29 is 14.4 Å². The van der Waals surface area contributed by atoms with E-state index in [0.29, 0.717) is 45.6 Å². The molecule has 2 bridgehead atoms. The summed E-state index contributed by atoms with van der Waals surface area (Å²) in [5.74, 6) is 0.792. The van der Waals surface area contributed by atoms with Crippen LogP contribution in [0.15, 0.2) is 54.6 Å². The minimum Gasteiger partial charge on any atom is -0.340 e. The number of rotatable bonds is 4. The minimum absolute atomic E-state index is 0.0609. The van der Waals surface area contributed by atoms with Crippen molar-refractivity contribution in [1.29, 1.82) is 0 Å². The van der Waals surface area contributed by atoms with E-state index in [4.69, 9.17) is 0 Å². The molecule has 3 aliphatic heterocycles. The summed E-state index contributed by atoms with van der Waals surface area (Å²) in [7, 11) is 0. The normalized spacial score (nSPS) is 24.8. The zero-order valence-corrected chi connectivity index (χ0v) is 19.2. The zero-order chi connectivity index (χ0) is 22.9. The summed E-state index contributed by atoms with van der Waals surface area (Å²) in [6, 6.07) is 17.2. The van der Waals surface area contributed by atoms with E-state index in [1.54, 1.807) is 4.90 Å². The molecule has 2 aromatic rings. The van der Waals surface area contributed by atoms with Crippen molar-refractivity contribution in [3.05, 3.63) is 71.3 Å². The predicted molar refractivity (Wildman–Crippen MR) is 125 cm³/mol. The van der Waals surface area contributed by atoms with E-state index in [1.807, 2.05) is 71.3 Å². The van der Waals surface area contributed by atoms with Gasteiger partial charge >= 0.3 is 0 Å². The Bertz CT molecular complexity index is 1020. The third-order valence-corrected chi connectivity index (χ3v) is 7.29. The molecule has 3 aliphatic rings. The van der Waals surface area contributed by atoms with Gasteiger partial charge in [-0.2, -0.15) is 0 Å². The van der Waals surface area contributed by atoms with Gasteiger partial charge in [0, 0.05) is 44.7 Å². The lowest BCUT2D eigenvalue weighted by molar-refractivity contribution is -0.144. The van der Waals surface area contributed by atoms with Crippen LogP contribution < -0.4 is 0 Å². The Morgan fingerprint density at radius 2 is 1.52 bits per heavy atom. The number of carbonyl (C=O) groups excluding carboxylic acids is 3. The molecule has 3 saturated heterocycles. The maximum Gasteiger partial charge on any atom is 0.253 e. The molecule has 33 heavy (non-hydrogen) atoms. The Balaban J connectivity index is 1.24. The van der Waals surface area contributed by atoms with Crippen LogP contribution in [0.1, 0.15) is 40.7 Å². The summed E-state index contributed by atoms with van der Waals surface area (Å²) in [5, 5.41) is 0. The monoisotopic (exact) mass is 445 g/mol. The highest BCUT2D eigenvalue weighted by molar-refractivity contribution is 5.94. The molecule has 0 aliphatic carbocycles. The maximum absolute atomic E-state index is 13.5. The van der Waals surface area contributed by atoms with E-state index in [0.717, 1.165) is 17.5 Å². The Morgan fingerprint density at radius 3 is 2.18 bits per heavy atom. The average molecular weight is 446 g/mol. The molecular weight excluding hydrogens is 414 g/mol. The SMILES string of the molecule is Cc1ccc(CN2C(=O)CC[C@H]2C(=O)N2CC3CC(CN(C(=O)c4ccccc4)C3)C2)cc1. The summed E-state index contributed by atoms with van der Waals surface area (Å²) in [6.07, 6.45) is 2.08. The number of hydrogen-bond donors (Lipinski definition) is 0. The molecule has 6 heteroatoms. The van der Waals surface area contributed by atoms with Gasteiger partial charge in [-0.05, 0) is 49.3 Å². The molecule has 0 aromatic heterocycles. The quantitative estimate of drug-likeness (QED) is 0.727. The van der Waals surface area contributed by atoms with E-state index in [2.05, 4.69) is 0 Å². The fourth-order valence-corrected chi connectivity index (χ4v) is 5.68. The highest BCUT2D eigenvalue weighted by Crippen LogP contribution is 2.32. The number of hydrogen-bond acceptors (Lipinski definition) is 3. The molecule has 0 radical (unpaired) electrons. The summed E-state index contributed by atoms with van der Waals surface area (Å²) in [4.78, 5) is 44.7. The molecule has 0 N–H and O–H groups in total. The lowest BCUT2D eigenvalue weighted by Crippen LogP contribution is -2.58. The van der Waals surface area contributed by atoms with Crippen molar-refractivity contribution in [2.75, 3.05) is 26.2 Å². The van der Waals surface area contributed by atoms with Gasteiger partial charge in [-0.1, -0.05) is 48.0 Å². The van der Waals surface area contributed by atoms with Gasteiger partial charge in [0.05, 0.1) is 0 Å². The van der Waals surface area contributed by atoms with Crippen molar-refractivity contribution in [3.63, 3.8) is 0 Å². The molecule has 3 atom stereocenters. The van der Waals surface area contributed by atoms with Crippen LogP contribution in [0.25, 0.3) is 0 Å².